The van der Waals surface area contributed by atoms with E-state index in [4.69, 9.17) is 0 Å². The lowest BCUT2D eigenvalue weighted by Crippen LogP contribution is -1.80. The van der Waals surface area contributed by atoms with Crippen molar-refractivity contribution in [3.05, 3.63) is 30.1 Å². The zero-order valence-electron chi connectivity index (χ0n) is 8.10. The smallest absolute Gasteiger partial charge is 0.178 e. The molecule has 0 spiro atoms. The maximum atomic E-state index is 10.7. The number of aromatic amines is 1. The first kappa shape index (κ1) is 9.92. The first-order valence-corrected chi connectivity index (χ1v) is 5.27. The van der Waals surface area contributed by atoms with Crippen LogP contribution in [0.25, 0.3) is 11.2 Å². The Balaban J connectivity index is 2.27. The third-order valence-electron chi connectivity index (χ3n) is 1.79. The van der Waals surface area contributed by atoms with Crippen molar-refractivity contribution in [1.82, 2.24) is 15.0 Å². The second kappa shape index (κ2) is 4.27. The van der Waals surface area contributed by atoms with Gasteiger partial charge >= 0.3 is 0 Å². The van der Waals surface area contributed by atoms with E-state index < -0.39 is 0 Å². The van der Waals surface area contributed by atoms with E-state index in [-0.39, 0.29) is 5.78 Å². The van der Waals surface area contributed by atoms with Crippen LogP contribution < -0.4 is 0 Å². The van der Waals surface area contributed by atoms with Crippen LogP contribution in [-0.2, 0) is 4.79 Å². The molecule has 2 heterocycles. The number of carbonyl (C=O) groups is 1. The summed E-state index contributed by atoms with van der Waals surface area (Å²) >= 11 is 1.47. The average Bonchev–Trinajstić information content (AvgIpc) is 2.65. The van der Waals surface area contributed by atoms with Gasteiger partial charge in [-0.15, -0.1) is 0 Å². The molecule has 0 fully saturated rings. The van der Waals surface area contributed by atoms with Gasteiger partial charge in [-0.3, -0.25) is 4.79 Å². The molecule has 1 N–H and O–H groups in total. The van der Waals surface area contributed by atoms with Gasteiger partial charge in [-0.25, -0.2) is 9.97 Å². The highest BCUT2D eigenvalue weighted by molar-refractivity contribution is 8.02. The van der Waals surface area contributed by atoms with Gasteiger partial charge in [0, 0.05) is 11.1 Å². The van der Waals surface area contributed by atoms with Gasteiger partial charge in [0.25, 0.3) is 0 Å². The Hall–Kier alpha value is -1.62. The first-order chi connectivity index (χ1) is 7.27. The van der Waals surface area contributed by atoms with E-state index in [1.165, 1.54) is 24.8 Å². The fourth-order valence-corrected chi connectivity index (χ4v) is 1.94. The Kier molecular flexibility index (Phi) is 2.82. The molecule has 0 unspecified atom stereocenters. The second-order valence-electron chi connectivity index (χ2n) is 2.94. The Labute approximate surface area is 90.8 Å². The summed E-state index contributed by atoms with van der Waals surface area (Å²) in [6.07, 6.45) is 4.84. The Morgan fingerprint density at radius 1 is 1.53 bits per heavy atom. The van der Waals surface area contributed by atoms with Crippen LogP contribution in [0.2, 0.25) is 0 Å². The SMILES string of the molecule is CC(=O)/C=C\Sc1ccnc2nc[nH]c12. The number of H-pyrrole nitrogens is 1. The van der Waals surface area contributed by atoms with E-state index in [0.717, 1.165) is 10.4 Å². The number of carbonyl (C=O) groups excluding carboxylic acids is 1. The molecule has 15 heavy (non-hydrogen) atoms. The molecule has 2 rings (SSSR count). The fraction of sp³-hybridized carbons (Fsp3) is 0.100. The lowest BCUT2D eigenvalue weighted by atomic mass is 10.4. The highest BCUT2D eigenvalue weighted by atomic mass is 32.2. The van der Waals surface area contributed by atoms with Crippen LogP contribution in [0.15, 0.2) is 35.0 Å². The van der Waals surface area contributed by atoms with Gasteiger partial charge < -0.3 is 4.98 Å². The molecule has 0 bridgehead atoms. The summed E-state index contributed by atoms with van der Waals surface area (Å²) in [4.78, 5) is 22.9. The molecule has 0 atom stereocenters. The zero-order valence-corrected chi connectivity index (χ0v) is 8.91. The molecule has 2 aromatic rings. The molecule has 76 valence electrons. The third kappa shape index (κ3) is 2.24. The molecule has 0 saturated heterocycles. The largest absolute Gasteiger partial charge is 0.342 e. The molecule has 0 saturated carbocycles. The second-order valence-corrected chi connectivity index (χ2v) is 3.89. The van der Waals surface area contributed by atoms with Gasteiger partial charge in [-0.2, -0.15) is 0 Å². The van der Waals surface area contributed by atoms with Crippen LogP contribution in [0.5, 0.6) is 0 Å². The number of pyridine rings is 1. The van der Waals surface area contributed by atoms with Crippen molar-refractivity contribution in [1.29, 1.82) is 0 Å². The van der Waals surface area contributed by atoms with Gasteiger partial charge in [0.2, 0.25) is 0 Å². The molecular weight excluding hydrogens is 210 g/mol. The van der Waals surface area contributed by atoms with E-state index in [9.17, 15) is 4.79 Å². The van der Waals surface area contributed by atoms with Gasteiger partial charge in [0.05, 0.1) is 11.8 Å². The summed E-state index contributed by atoms with van der Waals surface area (Å²) in [5, 5.41) is 1.76. The van der Waals surface area contributed by atoms with Crippen molar-refractivity contribution >= 4 is 28.7 Å². The molecule has 4 nitrogen and oxygen atoms in total. The predicted octanol–water partition coefficient (Wildman–Crippen LogP) is 2.15. The molecule has 0 aliphatic heterocycles. The normalized spacial score (nSPS) is 11.3. The number of thioether (sulfide) groups is 1. The van der Waals surface area contributed by atoms with E-state index in [0.29, 0.717) is 5.65 Å². The van der Waals surface area contributed by atoms with Gasteiger partial charge in [0.1, 0.15) is 0 Å². The highest BCUT2D eigenvalue weighted by Crippen LogP contribution is 2.24. The molecule has 0 aliphatic rings. The number of nitrogens with one attached hydrogen (secondary N) is 1. The van der Waals surface area contributed by atoms with Gasteiger partial charge in [0.15, 0.2) is 11.4 Å². The van der Waals surface area contributed by atoms with Crippen LogP contribution in [0, 0.1) is 0 Å². The number of allylic oxidation sites excluding steroid dienone is 1. The maximum Gasteiger partial charge on any atom is 0.178 e. The monoisotopic (exact) mass is 219 g/mol. The standard InChI is InChI=1S/C10H9N3OS/c1-7(14)3-5-15-8-2-4-11-10-9(8)12-6-13-10/h2-6H,1H3,(H,11,12,13)/b5-3-. The molecule has 0 aliphatic carbocycles. The third-order valence-corrected chi connectivity index (χ3v) is 2.65. The van der Waals surface area contributed by atoms with Crippen molar-refractivity contribution in [2.75, 3.05) is 0 Å². The minimum atomic E-state index is 0.0393. The lowest BCUT2D eigenvalue weighted by Gasteiger charge is -1.96. The topological polar surface area (TPSA) is 58.6 Å². The van der Waals surface area contributed by atoms with Gasteiger partial charge in [-0.05, 0) is 24.5 Å². The van der Waals surface area contributed by atoms with Gasteiger partial charge in [-0.1, -0.05) is 11.8 Å². The van der Waals surface area contributed by atoms with Crippen LogP contribution in [-0.4, -0.2) is 20.7 Å². The highest BCUT2D eigenvalue weighted by Gasteiger charge is 2.02. The number of hydrogen-bond acceptors (Lipinski definition) is 4. The quantitative estimate of drug-likeness (QED) is 0.634. The number of rotatable bonds is 3. The molecular formula is C10H9N3OS. The average molecular weight is 219 g/mol. The van der Waals surface area contributed by atoms with Crippen LogP contribution in [0.3, 0.4) is 0 Å². The Morgan fingerprint density at radius 2 is 2.40 bits per heavy atom. The Morgan fingerprint density at radius 3 is 3.20 bits per heavy atom. The maximum absolute atomic E-state index is 10.7. The molecule has 0 radical (unpaired) electrons. The van der Waals surface area contributed by atoms with E-state index >= 15 is 0 Å². The number of imidazole rings is 1. The number of hydrogen-bond donors (Lipinski definition) is 1. The summed E-state index contributed by atoms with van der Waals surface area (Å²) in [6, 6.07) is 1.88. The van der Waals surface area contributed by atoms with Crippen LogP contribution in [0.4, 0.5) is 0 Å². The molecule has 0 amide bonds. The van der Waals surface area contributed by atoms with Crippen LogP contribution in [0.1, 0.15) is 6.92 Å². The van der Waals surface area contributed by atoms with E-state index in [2.05, 4.69) is 15.0 Å². The molecule has 0 aromatic carbocycles. The van der Waals surface area contributed by atoms with Crippen molar-refractivity contribution in [3.8, 4) is 0 Å². The fourth-order valence-electron chi connectivity index (χ4n) is 1.13. The summed E-state index contributed by atoms with van der Waals surface area (Å²) in [6.45, 7) is 1.52. The molecule has 5 heteroatoms. The zero-order chi connectivity index (χ0) is 10.7. The summed E-state index contributed by atoms with van der Waals surface area (Å²) in [7, 11) is 0. The summed E-state index contributed by atoms with van der Waals surface area (Å²) in [5.74, 6) is 0.0393. The van der Waals surface area contributed by atoms with E-state index in [1.54, 1.807) is 17.9 Å². The van der Waals surface area contributed by atoms with Crippen molar-refractivity contribution in [3.63, 3.8) is 0 Å². The Bertz CT molecular complexity index is 518. The van der Waals surface area contributed by atoms with E-state index in [1.807, 2.05) is 6.07 Å². The lowest BCUT2D eigenvalue weighted by molar-refractivity contribution is -0.112. The molecule has 2 aromatic heterocycles. The predicted molar refractivity (Wildman–Crippen MR) is 59.6 cm³/mol. The van der Waals surface area contributed by atoms with Crippen molar-refractivity contribution in [2.45, 2.75) is 11.8 Å². The minimum absolute atomic E-state index is 0.0393. The minimum Gasteiger partial charge on any atom is -0.342 e. The summed E-state index contributed by atoms with van der Waals surface area (Å²) < 4.78 is 0. The number of nitrogens with zero attached hydrogens (tertiary/aromatic N) is 2. The van der Waals surface area contributed by atoms with Crippen molar-refractivity contribution < 1.29 is 4.79 Å². The first-order valence-electron chi connectivity index (χ1n) is 4.39. The van der Waals surface area contributed by atoms with Crippen molar-refractivity contribution in [2.24, 2.45) is 0 Å². The number of fused-ring (bicyclic) bond motifs is 1. The number of ketones is 1. The summed E-state index contributed by atoms with van der Waals surface area (Å²) in [5.41, 5.74) is 1.59. The number of aromatic nitrogens is 3. The van der Waals surface area contributed by atoms with Crippen LogP contribution >= 0.6 is 11.8 Å².